The predicted molar refractivity (Wildman–Crippen MR) is 115 cm³/mol. The minimum absolute atomic E-state index is 0.397. The molecule has 1 fully saturated rings. The summed E-state index contributed by atoms with van der Waals surface area (Å²) in [5.41, 5.74) is 1.84. The van der Waals surface area contributed by atoms with Crippen molar-refractivity contribution in [2.75, 3.05) is 32.8 Å². The van der Waals surface area contributed by atoms with E-state index in [1.54, 1.807) is 30.3 Å². The molecule has 1 saturated heterocycles. The van der Waals surface area contributed by atoms with Gasteiger partial charge in [-0.2, -0.15) is 0 Å². The molecule has 0 bridgehead atoms. The van der Waals surface area contributed by atoms with Crippen molar-refractivity contribution in [3.63, 3.8) is 0 Å². The third-order valence-corrected chi connectivity index (χ3v) is 6.60. The average Bonchev–Trinajstić information content (AvgIpc) is 2.69. The maximum atomic E-state index is 12.7. The molecule has 0 radical (unpaired) electrons. The first kappa shape index (κ1) is 22.1. The highest BCUT2D eigenvalue weighted by Crippen LogP contribution is 2.25. The molecule has 1 aliphatic heterocycles. The molecule has 3 rings (SSSR count). The summed E-state index contributed by atoms with van der Waals surface area (Å²) in [4.78, 5) is 13.0. The highest BCUT2D eigenvalue weighted by molar-refractivity contribution is 7.81. The van der Waals surface area contributed by atoms with Gasteiger partial charge in [0.1, 0.15) is 5.75 Å². The van der Waals surface area contributed by atoms with E-state index in [2.05, 4.69) is 4.90 Å². The van der Waals surface area contributed by atoms with Crippen molar-refractivity contribution >= 4 is 40.2 Å². The second-order valence-corrected chi connectivity index (χ2v) is 9.05. The molecule has 0 spiro atoms. The van der Waals surface area contributed by atoms with Gasteiger partial charge in [0.15, 0.2) is 6.61 Å². The zero-order valence-electron chi connectivity index (χ0n) is 15.7. The van der Waals surface area contributed by atoms with Crippen molar-refractivity contribution in [2.45, 2.75) is 12.3 Å². The summed E-state index contributed by atoms with van der Waals surface area (Å²) in [6.45, 7) is 3.06. The third-order valence-electron chi connectivity index (χ3n) is 4.59. The molecule has 29 heavy (non-hydrogen) atoms. The fourth-order valence-electron chi connectivity index (χ4n) is 3.10. The van der Waals surface area contributed by atoms with Crippen LogP contribution in [0.4, 0.5) is 0 Å². The summed E-state index contributed by atoms with van der Waals surface area (Å²) in [5, 5.41) is 10.1. The van der Waals surface area contributed by atoms with Crippen molar-refractivity contribution in [3.8, 4) is 5.75 Å². The molecule has 0 aromatic heterocycles. The number of ether oxygens (including phenoxy) is 1. The number of hydrogen-bond donors (Lipinski definition) is 1. The smallest absolute Gasteiger partial charge is 0.341 e. The van der Waals surface area contributed by atoms with E-state index in [1.165, 1.54) is 0 Å². The maximum Gasteiger partial charge on any atom is 0.341 e. The standard InChI is InChI=1S/C20H22Cl2N2O4S/c21-17-3-1-15(2-4-17)14-29(27)24-9-7-23(8-10-24)12-16-11-18(22)5-6-19(16)28-13-20(25)26/h1-6,11H,7-10,12-14H2,(H,25,26). The van der Waals surface area contributed by atoms with Gasteiger partial charge in [-0.15, -0.1) is 0 Å². The van der Waals surface area contributed by atoms with Crippen LogP contribution in [0.1, 0.15) is 11.1 Å². The number of piperazine rings is 1. The quantitative estimate of drug-likeness (QED) is 0.658. The minimum Gasteiger partial charge on any atom is -0.482 e. The molecule has 0 aliphatic carbocycles. The van der Waals surface area contributed by atoms with Gasteiger partial charge in [-0.1, -0.05) is 35.3 Å². The van der Waals surface area contributed by atoms with Gasteiger partial charge in [-0.3, -0.25) is 4.90 Å². The molecule has 1 aliphatic rings. The van der Waals surface area contributed by atoms with Gasteiger partial charge in [-0.25, -0.2) is 13.3 Å². The topological polar surface area (TPSA) is 70.1 Å². The van der Waals surface area contributed by atoms with Crippen LogP contribution >= 0.6 is 23.2 Å². The second kappa shape index (κ2) is 10.4. The fourth-order valence-corrected chi connectivity index (χ4v) is 4.65. The Kier molecular flexibility index (Phi) is 7.91. The monoisotopic (exact) mass is 456 g/mol. The largest absolute Gasteiger partial charge is 0.482 e. The molecular weight excluding hydrogens is 435 g/mol. The molecule has 9 heteroatoms. The van der Waals surface area contributed by atoms with E-state index in [9.17, 15) is 9.00 Å². The molecule has 2 aromatic carbocycles. The van der Waals surface area contributed by atoms with Crippen LogP contribution in [0.15, 0.2) is 42.5 Å². The van der Waals surface area contributed by atoms with Crippen LogP contribution in [0.2, 0.25) is 10.0 Å². The highest BCUT2D eigenvalue weighted by atomic mass is 35.5. The second-order valence-electron chi connectivity index (χ2n) is 6.73. The summed E-state index contributed by atoms with van der Waals surface area (Å²) >= 11 is 12.0. The minimum atomic E-state index is -1.09. The lowest BCUT2D eigenvalue weighted by atomic mass is 10.1. The van der Waals surface area contributed by atoms with E-state index in [-0.39, 0.29) is 0 Å². The van der Waals surface area contributed by atoms with Gasteiger partial charge in [0.25, 0.3) is 0 Å². The molecule has 156 valence electrons. The summed E-state index contributed by atoms with van der Waals surface area (Å²) in [7, 11) is -1.09. The van der Waals surface area contributed by atoms with Crippen LogP contribution in [0, 0.1) is 0 Å². The zero-order chi connectivity index (χ0) is 20.8. The van der Waals surface area contributed by atoms with Gasteiger partial charge in [0.05, 0.1) is 16.7 Å². The molecule has 0 amide bonds. The van der Waals surface area contributed by atoms with E-state index < -0.39 is 23.6 Å². The lowest BCUT2D eigenvalue weighted by Gasteiger charge is -2.34. The number of carboxylic acids is 1. The summed E-state index contributed by atoms with van der Waals surface area (Å²) < 4.78 is 20.0. The van der Waals surface area contributed by atoms with Gasteiger partial charge >= 0.3 is 5.97 Å². The van der Waals surface area contributed by atoms with Crippen LogP contribution in [-0.4, -0.2) is 57.3 Å². The lowest BCUT2D eigenvalue weighted by molar-refractivity contribution is -0.139. The number of rotatable bonds is 8. The van der Waals surface area contributed by atoms with Crippen molar-refractivity contribution < 1.29 is 18.8 Å². The Morgan fingerprint density at radius 2 is 1.69 bits per heavy atom. The number of carbonyl (C=O) groups is 1. The Morgan fingerprint density at radius 1 is 1.03 bits per heavy atom. The van der Waals surface area contributed by atoms with E-state index >= 15 is 0 Å². The summed E-state index contributed by atoms with van der Waals surface area (Å²) in [6.07, 6.45) is 0. The first-order valence-corrected chi connectivity index (χ1v) is 11.2. The molecule has 1 N–H and O–H groups in total. The van der Waals surface area contributed by atoms with E-state index in [0.29, 0.717) is 41.2 Å². The van der Waals surface area contributed by atoms with Crippen LogP contribution in [0.25, 0.3) is 0 Å². The van der Waals surface area contributed by atoms with Crippen LogP contribution in [0.3, 0.4) is 0 Å². The average molecular weight is 457 g/mol. The van der Waals surface area contributed by atoms with Crippen molar-refractivity contribution in [1.29, 1.82) is 0 Å². The van der Waals surface area contributed by atoms with Gasteiger partial charge in [-0.05, 0) is 35.9 Å². The third kappa shape index (κ3) is 6.69. The number of hydrogen-bond acceptors (Lipinski definition) is 4. The van der Waals surface area contributed by atoms with Crippen LogP contribution < -0.4 is 4.74 Å². The Hall–Kier alpha value is -1.64. The summed E-state index contributed by atoms with van der Waals surface area (Å²) in [5.74, 6) is -0.0354. The van der Waals surface area contributed by atoms with Gasteiger partial charge < -0.3 is 9.84 Å². The number of aliphatic carboxylic acids is 1. The normalized spacial score (nSPS) is 16.5. The Labute approximate surface area is 182 Å². The molecular formula is C20H22Cl2N2O4S. The Morgan fingerprint density at radius 3 is 2.34 bits per heavy atom. The van der Waals surface area contributed by atoms with Gasteiger partial charge in [0, 0.05) is 48.3 Å². The number of benzene rings is 2. The molecule has 6 nitrogen and oxygen atoms in total. The van der Waals surface area contributed by atoms with E-state index in [4.69, 9.17) is 33.0 Å². The van der Waals surface area contributed by atoms with Crippen molar-refractivity contribution in [3.05, 3.63) is 63.6 Å². The van der Waals surface area contributed by atoms with Crippen molar-refractivity contribution in [2.24, 2.45) is 0 Å². The zero-order valence-corrected chi connectivity index (χ0v) is 18.1. The van der Waals surface area contributed by atoms with E-state index in [1.807, 2.05) is 16.4 Å². The number of halogens is 2. The fraction of sp³-hybridized carbons (Fsp3) is 0.350. The first-order valence-electron chi connectivity index (χ1n) is 9.14. The number of nitrogens with zero attached hydrogens (tertiary/aromatic N) is 2. The molecule has 1 heterocycles. The maximum absolute atomic E-state index is 12.7. The first-order chi connectivity index (χ1) is 13.9. The predicted octanol–water partition coefficient (Wildman–Crippen LogP) is 3.44. The van der Waals surface area contributed by atoms with Gasteiger partial charge in [0.2, 0.25) is 0 Å². The SMILES string of the molecule is O=C(O)COc1ccc(Cl)cc1CN1CCN(S(=O)Cc2ccc(Cl)cc2)CC1. The summed E-state index contributed by atoms with van der Waals surface area (Å²) in [6, 6.07) is 12.6. The Balaban J connectivity index is 1.54. The Bertz CT molecular complexity index is 871. The van der Waals surface area contributed by atoms with Crippen LogP contribution in [-0.2, 0) is 28.1 Å². The molecule has 1 unspecified atom stereocenters. The highest BCUT2D eigenvalue weighted by Gasteiger charge is 2.22. The van der Waals surface area contributed by atoms with E-state index in [0.717, 1.165) is 24.2 Å². The molecule has 0 saturated carbocycles. The molecule has 1 atom stereocenters. The molecule has 2 aromatic rings. The lowest BCUT2D eigenvalue weighted by Crippen LogP contribution is -2.46. The number of carboxylic acid groups (broad SMARTS) is 1. The van der Waals surface area contributed by atoms with Crippen LogP contribution in [0.5, 0.6) is 5.75 Å². The van der Waals surface area contributed by atoms with Crippen molar-refractivity contribution in [1.82, 2.24) is 9.21 Å².